The maximum Gasteiger partial charge on any atom is 0.416 e. The molecule has 0 saturated carbocycles. The van der Waals surface area contributed by atoms with Crippen LogP contribution in [0.15, 0.2) is 24.3 Å². The number of benzene rings is 1. The van der Waals surface area contributed by atoms with Crippen LogP contribution in [-0.2, 0) is 15.7 Å². The third-order valence-corrected chi connectivity index (χ3v) is 3.25. The van der Waals surface area contributed by atoms with Crippen LogP contribution in [0.1, 0.15) is 18.4 Å². The maximum atomic E-state index is 12.4. The van der Waals surface area contributed by atoms with Crippen LogP contribution in [-0.4, -0.2) is 31.7 Å². The molecule has 1 aromatic rings. The Labute approximate surface area is 120 Å². The van der Waals surface area contributed by atoms with Gasteiger partial charge >= 0.3 is 6.18 Å². The molecule has 4 nitrogen and oxygen atoms in total. The van der Waals surface area contributed by atoms with Crippen molar-refractivity contribution in [3.63, 3.8) is 0 Å². The molecule has 116 valence electrons. The summed E-state index contributed by atoms with van der Waals surface area (Å²) in [4.78, 5) is 11.7. The standard InChI is InChI=1S/C14H17F3N2O2/c15-14(16,17)10-1-3-11(4-2-10)18-9-13(20)19-12-5-7-21-8-6-12/h1-4,12,18H,5-9H2,(H,19,20). The van der Waals surface area contributed by atoms with Gasteiger partial charge in [-0.15, -0.1) is 0 Å². The zero-order chi connectivity index (χ0) is 15.3. The van der Waals surface area contributed by atoms with Crippen molar-refractivity contribution in [2.24, 2.45) is 0 Å². The molecule has 0 aliphatic carbocycles. The number of amides is 1. The van der Waals surface area contributed by atoms with Crippen molar-refractivity contribution in [3.8, 4) is 0 Å². The normalized spacial score (nSPS) is 16.5. The maximum absolute atomic E-state index is 12.4. The molecule has 1 saturated heterocycles. The molecule has 0 aromatic heterocycles. The fourth-order valence-corrected chi connectivity index (χ4v) is 2.08. The van der Waals surface area contributed by atoms with Gasteiger partial charge in [0.2, 0.25) is 5.91 Å². The average molecular weight is 302 g/mol. The summed E-state index contributed by atoms with van der Waals surface area (Å²) in [6, 6.07) is 4.70. The van der Waals surface area contributed by atoms with E-state index in [1.165, 1.54) is 12.1 Å². The van der Waals surface area contributed by atoms with Gasteiger partial charge < -0.3 is 15.4 Å². The largest absolute Gasteiger partial charge is 0.416 e. The van der Waals surface area contributed by atoms with Gasteiger partial charge in [0.05, 0.1) is 12.1 Å². The Bertz CT molecular complexity index is 468. The number of rotatable bonds is 4. The zero-order valence-corrected chi connectivity index (χ0v) is 11.4. The number of hydrogen-bond donors (Lipinski definition) is 2. The summed E-state index contributed by atoms with van der Waals surface area (Å²) in [5, 5.41) is 5.67. The zero-order valence-electron chi connectivity index (χ0n) is 11.4. The molecule has 2 rings (SSSR count). The Hall–Kier alpha value is -1.76. The van der Waals surface area contributed by atoms with E-state index in [0.717, 1.165) is 25.0 Å². The molecule has 7 heteroatoms. The number of anilines is 1. The summed E-state index contributed by atoms with van der Waals surface area (Å²) in [6.45, 7) is 1.30. The fourth-order valence-electron chi connectivity index (χ4n) is 2.08. The quantitative estimate of drug-likeness (QED) is 0.898. The van der Waals surface area contributed by atoms with Crippen LogP contribution in [0.2, 0.25) is 0 Å². The van der Waals surface area contributed by atoms with Crippen LogP contribution in [0.3, 0.4) is 0 Å². The number of ether oxygens (including phenoxy) is 1. The lowest BCUT2D eigenvalue weighted by atomic mass is 10.1. The van der Waals surface area contributed by atoms with Gasteiger partial charge in [-0.3, -0.25) is 4.79 Å². The minimum atomic E-state index is -4.35. The van der Waals surface area contributed by atoms with E-state index in [1.54, 1.807) is 0 Å². The molecule has 1 fully saturated rings. The number of halogens is 3. The fraction of sp³-hybridized carbons (Fsp3) is 0.500. The summed E-state index contributed by atoms with van der Waals surface area (Å²) in [5.74, 6) is -0.179. The number of carbonyl (C=O) groups is 1. The van der Waals surface area contributed by atoms with Crippen LogP contribution < -0.4 is 10.6 Å². The highest BCUT2D eigenvalue weighted by Gasteiger charge is 2.29. The summed E-state index contributed by atoms with van der Waals surface area (Å²) < 4.78 is 42.4. The van der Waals surface area contributed by atoms with Crippen molar-refractivity contribution < 1.29 is 22.7 Å². The van der Waals surface area contributed by atoms with Gasteiger partial charge in [-0.2, -0.15) is 13.2 Å². The van der Waals surface area contributed by atoms with E-state index in [2.05, 4.69) is 10.6 Å². The molecule has 0 radical (unpaired) electrons. The van der Waals surface area contributed by atoms with Crippen molar-refractivity contribution in [3.05, 3.63) is 29.8 Å². The van der Waals surface area contributed by atoms with Gasteiger partial charge in [-0.05, 0) is 37.1 Å². The molecule has 2 N–H and O–H groups in total. The molecule has 0 bridgehead atoms. The Morgan fingerprint density at radius 2 is 1.81 bits per heavy atom. The van der Waals surface area contributed by atoms with Crippen LogP contribution in [0.25, 0.3) is 0 Å². The Kier molecular flexibility index (Phi) is 5.06. The summed E-state index contributed by atoms with van der Waals surface area (Å²) in [7, 11) is 0. The molecular weight excluding hydrogens is 285 g/mol. The second kappa shape index (κ2) is 6.80. The van der Waals surface area contributed by atoms with Gasteiger partial charge in [-0.1, -0.05) is 0 Å². The number of carbonyl (C=O) groups excluding carboxylic acids is 1. The lowest BCUT2D eigenvalue weighted by Crippen LogP contribution is -2.41. The first-order chi connectivity index (χ1) is 9.95. The van der Waals surface area contributed by atoms with E-state index in [-0.39, 0.29) is 18.5 Å². The minimum absolute atomic E-state index is 0.0305. The third kappa shape index (κ3) is 4.93. The topological polar surface area (TPSA) is 50.4 Å². The Morgan fingerprint density at radius 3 is 2.38 bits per heavy atom. The predicted octanol–water partition coefficient (Wildman–Crippen LogP) is 2.41. The lowest BCUT2D eigenvalue weighted by Gasteiger charge is -2.23. The van der Waals surface area contributed by atoms with E-state index in [4.69, 9.17) is 4.74 Å². The molecule has 21 heavy (non-hydrogen) atoms. The first-order valence-corrected chi connectivity index (χ1v) is 6.73. The van der Waals surface area contributed by atoms with Crippen molar-refractivity contribution in [2.45, 2.75) is 25.1 Å². The summed E-state index contributed by atoms with van der Waals surface area (Å²) >= 11 is 0. The first kappa shape index (κ1) is 15.6. The highest BCUT2D eigenvalue weighted by molar-refractivity contribution is 5.80. The van der Waals surface area contributed by atoms with Crippen LogP contribution >= 0.6 is 0 Å². The summed E-state index contributed by atoms with van der Waals surface area (Å²) in [6.07, 6.45) is -2.78. The predicted molar refractivity (Wildman–Crippen MR) is 71.9 cm³/mol. The highest BCUT2D eigenvalue weighted by atomic mass is 19.4. The molecule has 1 amide bonds. The number of hydrogen-bond acceptors (Lipinski definition) is 3. The summed E-state index contributed by atoms with van der Waals surface area (Å²) in [5.41, 5.74) is -0.232. The van der Waals surface area contributed by atoms with E-state index in [9.17, 15) is 18.0 Å². The van der Waals surface area contributed by atoms with E-state index in [0.29, 0.717) is 18.9 Å². The van der Waals surface area contributed by atoms with Crippen LogP contribution in [0.4, 0.5) is 18.9 Å². The molecule has 1 heterocycles. The first-order valence-electron chi connectivity index (χ1n) is 6.73. The van der Waals surface area contributed by atoms with Gasteiger partial charge in [0.25, 0.3) is 0 Å². The van der Waals surface area contributed by atoms with E-state index in [1.807, 2.05) is 0 Å². The van der Waals surface area contributed by atoms with Gasteiger partial charge in [-0.25, -0.2) is 0 Å². The molecule has 0 spiro atoms. The molecule has 1 aliphatic heterocycles. The van der Waals surface area contributed by atoms with Crippen molar-refractivity contribution in [2.75, 3.05) is 25.1 Å². The monoisotopic (exact) mass is 302 g/mol. The molecular formula is C14H17F3N2O2. The lowest BCUT2D eigenvalue weighted by molar-refractivity contribution is -0.137. The van der Waals surface area contributed by atoms with Crippen molar-refractivity contribution >= 4 is 11.6 Å². The number of nitrogens with one attached hydrogen (secondary N) is 2. The highest BCUT2D eigenvalue weighted by Crippen LogP contribution is 2.29. The van der Waals surface area contributed by atoms with E-state index >= 15 is 0 Å². The second-order valence-corrected chi connectivity index (χ2v) is 4.88. The Balaban J connectivity index is 1.78. The molecule has 0 atom stereocenters. The SMILES string of the molecule is O=C(CNc1ccc(C(F)(F)F)cc1)NC1CCOCC1. The van der Waals surface area contributed by atoms with Gasteiger partial charge in [0.1, 0.15) is 0 Å². The molecule has 0 unspecified atom stereocenters. The second-order valence-electron chi connectivity index (χ2n) is 4.88. The molecule has 1 aliphatic rings. The van der Waals surface area contributed by atoms with Crippen molar-refractivity contribution in [1.29, 1.82) is 0 Å². The smallest absolute Gasteiger partial charge is 0.381 e. The van der Waals surface area contributed by atoms with Crippen molar-refractivity contribution in [1.82, 2.24) is 5.32 Å². The van der Waals surface area contributed by atoms with Crippen LogP contribution in [0.5, 0.6) is 0 Å². The van der Waals surface area contributed by atoms with E-state index < -0.39 is 11.7 Å². The average Bonchev–Trinajstić information content (AvgIpc) is 2.46. The number of alkyl halides is 3. The minimum Gasteiger partial charge on any atom is -0.381 e. The van der Waals surface area contributed by atoms with Gasteiger partial charge in [0.15, 0.2) is 0 Å². The third-order valence-electron chi connectivity index (χ3n) is 3.25. The van der Waals surface area contributed by atoms with Gasteiger partial charge in [0, 0.05) is 24.9 Å². The van der Waals surface area contributed by atoms with Crippen LogP contribution in [0, 0.1) is 0 Å². The molecule has 1 aromatic carbocycles. The Morgan fingerprint density at radius 1 is 1.19 bits per heavy atom.